The number of methoxy groups -OCH3 is 1. The number of amides is 1. The number of alkyl halides is 3. The zero-order chi connectivity index (χ0) is 22.8. The first-order chi connectivity index (χ1) is 15.1. The Balaban J connectivity index is 1.49. The number of rotatable bonds is 2. The topological polar surface area (TPSA) is 59.7 Å². The molecule has 1 amide bonds. The highest BCUT2D eigenvalue weighted by atomic mass is 19.4. The molecule has 0 radical (unpaired) electrons. The van der Waals surface area contributed by atoms with E-state index >= 15 is 4.39 Å². The second-order valence-corrected chi connectivity index (χ2v) is 9.55. The minimum atomic E-state index is -4.21. The number of hydrogen-bond acceptors (Lipinski definition) is 4. The molecule has 0 N–H and O–H groups in total. The summed E-state index contributed by atoms with van der Waals surface area (Å²) in [7, 11) is 1.35. The van der Waals surface area contributed by atoms with E-state index in [1.54, 1.807) is 11.8 Å². The molecule has 1 saturated heterocycles. The second-order valence-electron chi connectivity index (χ2n) is 9.55. The van der Waals surface area contributed by atoms with Crippen molar-refractivity contribution in [3.05, 3.63) is 29.0 Å². The number of hydrogen-bond donors (Lipinski definition) is 0. The van der Waals surface area contributed by atoms with Gasteiger partial charge in [0, 0.05) is 30.1 Å². The van der Waals surface area contributed by atoms with Crippen molar-refractivity contribution in [2.24, 2.45) is 11.8 Å². The maximum Gasteiger partial charge on any atom is 0.409 e. The predicted molar refractivity (Wildman–Crippen MR) is 107 cm³/mol. The first-order valence-corrected chi connectivity index (χ1v) is 11.1. The molecule has 32 heavy (non-hydrogen) atoms. The van der Waals surface area contributed by atoms with Gasteiger partial charge >= 0.3 is 12.3 Å². The van der Waals surface area contributed by atoms with Crippen LogP contribution in [0.4, 0.5) is 22.4 Å². The van der Waals surface area contributed by atoms with E-state index in [-0.39, 0.29) is 54.5 Å². The summed E-state index contributed by atoms with van der Waals surface area (Å²) >= 11 is 0. The first kappa shape index (κ1) is 21.5. The summed E-state index contributed by atoms with van der Waals surface area (Å²) in [5, 5.41) is 4.56. The average Bonchev–Trinajstić information content (AvgIpc) is 3.42. The van der Waals surface area contributed by atoms with Crippen LogP contribution in [0.15, 0.2) is 6.07 Å². The van der Waals surface area contributed by atoms with Gasteiger partial charge in [-0.25, -0.2) is 18.7 Å². The van der Waals surface area contributed by atoms with Gasteiger partial charge in [-0.2, -0.15) is 18.3 Å². The van der Waals surface area contributed by atoms with Crippen LogP contribution in [0.2, 0.25) is 0 Å². The van der Waals surface area contributed by atoms with Gasteiger partial charge in [0.15, 0.2) is 11.5 Å². The number of aromatic nitrogens is 3. The Kier molecular flexibility index (Phi) is 4.90. The van der Waals surface area contributed by atoms with Gasteiger partial charge in [0.25, 0.3) is 0 Å². The molecular weight excluding hydrogens is 428 g/mol. The Morgan fingerprint density at radius 3 is 2.59 bits per heavy atom. The molecule has 2 saturated carbocycles. The van der Waals surface area contributed by atoms with Crippen LogP contribution in [-0.2, 0) is 10.2 Å². The van der Waals surface area contributed by atoms with E-state index < -0.39 is 17.9 Å². The number of ether oxygens (including phenoxy) is 1. The lowest BCUT2D eigenvalue weighted by Gasteiger charge is -2.32. The summed E-state index contributed by atoms with van der Waals surface area (Å²) in [4.78, 5) is 18.2. The first-order valence-electron chi connectivity index (χ1n) is 11.1. The number of carbonyl (C=O) groups excluding carboxylic acids is 1. The van der Waals surface area contributed by atoms with Crippen LogP contribution < -0.4 is 0 Å². The van der Waals surface area contributed by atoms with E-state index in [2.05, 4.69) is 10.1 Å². The molecule has 5 rings (SSSR count). The largest absolute Gasteiger partial charge is 0.453 e. The summed E-state index contributed by atoms with van der Waals surface area (Å²) in [5.74, 6) is -1.85. The summed E-state index contributed by atoms with van der Waals surface area (Å²) in [5.41, 5.74) is 1.45. The number of piperidine rings is 1. The maximum atomic E-state index is 15.4. The van der Waals surface area contributed by atoms with Crippen molar-refractivity contribution in [2.75, 3.05) is 20.2 Å². The Labute approximate surface area is 182 Å². The number of halogens is 4. The molecule has 2 aromatic rings. The molecule has 3 fully saturated rings. The molecule has 3 heterocycles. The predicted octanol–water partition coefficient (Wildman–Crippen LogP) is 4.74. The molecular formula is C22H26F4N4O2. The zero-order valence-electron chi connectivity index (χ0n) is 18.1. The van der Waals surface area contributed by atoms with E-state index in [1.165, 1.54) is 11.6 Å². The quantitative estimate of drug-likeness (QED) is 0.615. The van der Waals surface area contributed by atoms with Gasteiger partial charge in [-0.3, -0.25) is 0 Å². The zero-order valence-corrected chi connectivity index (χ0v) is 18.1. The maximum absolute atomic E-state index is 15.4. The Bertz CT molecular complexity index is 1060. The number of fused-ring (bicyclic) bond motifs is 2. The van der Waals surface area contributed by atoms with Crippen molar-refractivity contribution in [2.45, 2.75) is 63.0 Å². The fourth-order valence-corrected chi connectivity index (χ4v) is 5.80. The van der Waals surface area contributed by atoms with Crippen LogP contribution in [0, 0.1) is 24.6 Å². The standard InChI is InChI=1S/C22H26F4N4O2/c1-12-9-16(21-10-15(21)7-8-29(11-21)20(31)32-2)30-19(27-12)17(23)18(28-30)13-3-5-14(6-4-13)22(24,25)26/h9,13-15H,3-8,10-11H2,1-2H3/t13-,14-,15-,21+/m0/s1. The van der Waals surface area contributed by atoms with Gasteiger partial charge in [-0.05, 0) is 57.4 Å². The number of nitrogens with zero attached hydrogens (tertiary/aromatic N) is 4. The van der Waals surface area contributed by atoms with Gasteiger partial charge in [0.2, 0.25) is 0 Å². The highest BCUT2D eigenvalue weighted by Gasteiger charge is 2.60. The lowest BCUT2D eigenvalue weighted by molar-refractivity contribution is -0.182. The van der Waals surface area contributed by atoms with Gasteiger partial charge in [-0.1, -0.05) is 0 Å². The van der Waals surface area contributed by atoms with Crippen LogP contribution in [0.1, 0.15) is 61.5 Å². The van der Waals surface area contributed by atoms with Crippen LogP contribution >= 0.6 is 0 Å². The molecule has 2 aromatic heterocycles. The van der Waals surface area contributed by atoms with Crippen LogP contribution in [0.25, 0.3) is 5.65 Å². The highest BCUT2D eigenvalue weighted by Crippen LogP contribution is 2.58. The van der Waals surface area contributed by atoms with Crippen molar-refractivity contribution >= 4 is 11.7 Å². The lowest BCUT2D eigenvalue weighted by atomic mass is 9.80. The van der Waals surface area contributed by atoms with E-state index in [0.29, 0.717) is 24.7 Å². The average molecular weight is 454 g/mol. The molecule has 6 nitrogen and oxygen atoms in total. The van der Waals surface area contributed by atoms with Crippen molar-refractivity contribution < 1.29 is 27.1 Å². The lowest BCUT2D eigenvalue weighted by Crippen LogP contribution is -2.43. The van der Waals surface area contributed by atoms with Gasteiger partial charge in [-0.15, -0.1) is 0 Å². The summed E-state index contributed by atoms with van der Waals surface area (Å²) in [6, 6.07) is 1.89. The summed E-state index contributed by atoms with van der Waals surface area (Å²) in [6.07, 6.45) is -2.41. The smallest absolute Gasteiger partial charge is 0.409 e. The molecule has 174 valence electrons. The summed E-state index contributed by atoms with van der Waals surface area (Å²) < 4.78 is 61.0. The molecule has 1 aliphatic heterocycles. The molecule has 0 spiro atoms. The van der Waals surface area contributed by atoms with Crippen molar-refractivity contribution in [1.82, 2.24) is 19.5 Å². The fourth-order valence-electron chi connectivity index (χ4n) is 5.80. The minimum Gasteiger partial charge on any atom is -0.453 e. The normalized spacial score (nSPS) is 30.3. The monoisotopic (exact) mass is 454 g/mol. The third-order valence-corrected chi connectivity index (χ3v) is 7.66. The van der Waals surface area contributed by atoms with Gasteiger partial charge < -0.3 is 9.64 Å². The van der Waals surface area contributed by atoms with Crippen LogP contribution in [0.3, 0.4) is 0 Å². The number of carbonyl (C=O) groups is 1. The number of likely N-dealkylation sites (tertiary alicyclic amines) is 1. The third-order valence-electron chi connectivity index (χ3n) is 7.66. The summed E-state index contributed by atoms with van der Waals surface area (Å²) in [6.45, 7) is 2.88. The van der Waals surface area contributed by atoms with E-state index in [4.69, 9.17) is 4.74 Å². The van der Waals surface area contributed by atoms with Crippen LogP contribution in [0.5, 0.6) is 0 Å². The Morgan fingerprint density at radius 1 is 1.22 bits per heavy atom. The molecule has 0 unspecified atom stereocenters. The Morgan fingerprint density at radius 2 is 1.94 bits per heavy atom. The second kappa shape index (κ2) is 7.31. The van der Waals surface area contributed by atoms with Crippen LogP contribution in [-0.4, -0.2) is 52.0 Å². The van der Waals surface area contributed by atoms with E-state index in [9.17, 15) is 18.0 Å². The SMILES string of the molecule is COC(=O)N1CC[C@H]2C[C@@]2(c2cc(C)nc3c(F)c([C@H]4CC[C@H](C(F)(F)F)CC4)nn23)C1. The third kappa shape index (κ3) is 3.33. The minimum absolute atomic E-state index is 0.0130. The molecule has 3 aliphatic rings. The highest BCUT2D eigenvalue weighted by molar-refractivity contribution is 5.68. The van der Waals surface area contributed by atoms with E-state index in [0.717, 1.165) is 18.5 Å². The molecule has 2 aliphatic carbocycles. The van der Waals surface area contributed by atoms with Gasteiger partial charge in [0.05, 0.1) is 18.7 Å². The van der Waals surface area contributed by atoms with Crippen molar-refractivity contribution in [3.8, 4) is 0 Å². The van der Waals surface area contributed by atoms with Gasteiger partial charge in [0.1, 0.15) is 5.69 Å². The Hall–Kier alpha value is -2.39. The molecule has 0 aromatic carbocycles. The van der Waals surface area contributed by atoms with Crippen molar-refractivity contribution in [1.29, 1.82) is 0 Å². The van der Waals surface area contributed by atoms with Crippen molar-refractivity contribution in [3.63, 3.8) is 0 Å². The molecule has 0 bridgehead atoms. The molecule has 2 atom stereocenters. The number of aryl methyl sites for hydroxylation is 1. The van der Waals surface area contributed by atoms with E-state index in [1.807, 2.05) is 6.07 Å². The fraction of sp³-hybridized carbons (Fsp3) is 0.682. The molecule has 10 heteroatoms.